The Morgan fingerprint density at radius 3 is 2.39 bits per heavy atom. The van der Waals surface area contributed by atoms with Gasteiger partial charge in [0.2, 0.25) is 0 Å². The van der Waals surface area contributed by atoms with Gasteiger partial charge in [0.25, 0.3) is 0 Å². The van der Waals surface area contributed by atoms with E-state index in [-0.39, 0.29) is 11.5 Å². The fourth-order valence-electron chi connectivity index (χ4n) is 4.17. The zero-order valence-electron chi connectivity index (χ0n) is 19.0. The Balaban J connectivity index is 1.71. The first-order chi connectivity index (χ1) is 16.0. The zero-order chi connectivity index (χ0) is 23.4. The summed E-state index contributed by atoms with van der Waals surface area (Å²) < 4.78 is 5.75. The van der Waals surface area contributed by atoms with Crippen LogP contribution in [0.2, 0.25) is 0 Å². The molecular formula is C24H28N8O. The number of amidine groups is 1. The van der Waals surface area contributed by atoms with Crippen LogP contribution in [-0.4, -0.2) is 24.5 Å². The number of fused-ring (bicyclic) bond motifs is 2. The molecule has 2 heterocycles. The lowest BCUT2D eigenvalue weighted by Crippen LogP contribution is -2.26. The molecule has 0 bridgehead atoms. The van der Waals surface area contributed by atoms with Gasteiger partial charge in [0, 0.05) is 18.0 Å². The molecule has 0 aliphatic rings. The number of para-hydroxylation sites is 4. The van der Waals surface area contributed by atoms with Crippen molar-refractivity contribution in [3.63, 3.8) is 0 Å². The van der Waals surface area contributed by atoms with Crippen LogP contribution in [0.5, 0.6) is 0 Å². The molecule has 0 aliphatic heterocycles. The second-order valence-corrected chi connectivity index (χ2v) is 8.60. The molecule has 0 aliphatic carbocycles. The van der Waals surface area contributed by atoms with Crippen LogP contribution in [0.3, 0.4) is 0 Å². The van der Waals surface area contributed by atoms with E-state index in [1.54, 1.807) is 9.13 Å². The number of benzene rings is 2. The molecular weight excluding hydrogens is 416 g/mol. The molecule has 0 radical (unpaired) electrons. The Kier molecular flexibility index (Phi) is 6.60. The van der Waals surface area contributed by atoms with E-state index in [0.29, 0.717) is 31.8 Å². The Hall–Kier alpha value is -3.84. The van der Waals surface area contributed by atoms with Crippen molar-refractivity contribution in [2.75, 3.05) is 0 Å². The van der Waals surface area contributed by atoms with Crippen molar-refractivity contribution in [3.05, 3.63) is 75.3 Å². The van der Waals surface area contributed by atoms with E-state index in [0.717, 1.165) is 40.9 Å². The van der Waals surface area contributed by atoms with Gasteiger partial charge in [0.05, 0.1) is 34.4 Å². The van der Waals surface area contributed by atoms with E-state index in [1.165, 1.54) is 0 Å². The van der Waals surface area contributed by atoms with Crippen molar-refractivity contribution in [1.82, 2.24) is 18.7 Å². The first kappa shape index (κ1) is 22.4. The van der Waals surface area contributed by atoms with Crippen LogP contribution in [0, 0.1) is 11.3 Å². The van der Waals surface area contributed by atoms with Crippen LogP contribution in [0.1, 0.15) is 38.9 Å². The van der Waals surface area contributed by atoms with Gasteiger partial charge in [0.1, 0.15) is 5.82 Å². The van der Waals surface area contributed by atoms with Crippen molar-refractivity contribution in [3.8, 4) is 0 Å². The van der Waals surface area contributed by atoms with Gasteiger partial charge in [-0.25, -0.2) is 9.78 Å². The van der Waals surface area contributed by atoms with Crippen LogP contribution < -0.4 is 5.69 Å². The Morgan fingerprint density at radius 2 is 1.70 bits per heavy atom. The lowest BCUT2D eigenvalue weighted by atomic mass is 10.1. The highest BCUT2D eigenvalue weighted by Gasteiger charge is 2.17. The second kappa shape index (κ2) is 9.75. The number of aryl methyl sites for hydroxylation is 2. The van der Waals surface area contributed by atoms with Crippen molar-refractivity contribution < 1.29 is 0 Å². The summed E-state index contributed by atoms with van der Waals surface area (Å²) in [5.74, 6) is 1.41. The lowest BCUT2D eigenvalue weighted by molar-refractivity contribution is 0.506. The molecule has 2 aromatic carbocycles. The Labute approximate surface area is 191 Å². The molecule has 33 heavy (non-hydrogen) atoms. The number of rotatable bonds is 9. The van der Waals surface area contributed by atoms with Crippen molar-refractivity contribution in [2.24, 2.45) is 11.0 Å². The summed E-state index contributed by atoms with van der Waals surface area (Å²) in [5.41, 5.74) is 12.1. The van der Waals surface area contributed by atoms with Gasteiger partial charge in [-0.05, 0) is 60.1 Å². The normalized spacial score (nSPS) is 11.4. The molecule has 0 amide bonds. The molecule has 4 aromatic rings. The number of aromatic nitrogens is 4. The molecule has 0 fully saturated rings. The maximum Gasteiger partial charge on any atom is 0.329 e. The van der Waals surface area contributed by atoms with Crippen LogP contribution in [0.25, 0.3) is 32.5 Å². The fourth-order valence-corrected chi connectivity index (χ4v) is 4.17. The third-order valence-corrected chi connectivity index (χ3v) is 5.85. The summed E-state index contributed by atoms with van der Waals surface area (Å²) in [6.07, 6.45) is 1.89. The quantitative estimate of drug-likeness (QED) is 0.124. The number of nitrogens with zero attached hydrogens (tertiary/aromatic N) is 7. The monoisotopic (exact) mass is 444 g/mol. The highest BCUT2D eigenvalue weighted by molar-refractivity contribution is 5.80. The van der Waals surface area contributed by atoms with E-state index < -0.39 is 0 Å². The van der Waals surface area contributed by atoms with Gasteiger partial charge in [0.15, 0.2) is 0 Å². The zero-order valence-corrected chi connectivity index (χ0v) is 19.0. The van der Waals surface area contributed by atoms with Gasteiger partial charge in [-0.15, -0.1) is 0 Å². The number of imidazole rings is 2. The van der Waals surface area contributed by atoms with Crippen molar-refractivity contribution in [1.29, 1.82) is 5.41 Å². The maximum atomic E-state index is 13.4. The first-order valence-corrected chi connectivity index (χ1v) is 11.2. The SMILES string of the molecule is CC(C)CCn1c(Cn2c(=O)n(CCCC(=N)N=[N+]=[N-])c3ccccc32)nc2ccccc21. The highest BCUT2D eigenvalue weighted by atomic mass is 16.1. The minimum Gasteiger partial charge on any atom is -0.326 e. The molecule has 0 atom stereocenters. The number of hydrogen-bond acceptors (Lipinski definition) is 3. The average molecular weight is 445 g/mol. The fraction of sp³-hybridized carbons (Fsp3) is 0.375. The summed E-state index contributed by atoms with van der Waals surface area (Å²) in [6, 6.07) is 15.8. The molecule has 170 valence electrons. The first-order valence-electron chi connectivity index (χ1n) is 11.2. The largest absolute Gasteiger partial charge is 0.329 e. The van der Waals surface area contributed by atoms with Gasteiger partial charge < -0.3 is 9.98 Å². The molecule has 9 heteroatoms. The molecule has 4 rings (SSSR count). The van der Waals surface area contributed by atoms with Crippen molar-refractivity contribution >= 4 is 27.9 Å². The van der Waals surface area contributed by atoms with E-state index >= 15 is 0 Å². The van der Waals surface area contributed by atoms with Crippen molar-refractivity contribution in [2.45, 2.75) is 52.7 Å². The minimum absolute atomic E-state index is 0.0202. The maximum absolute atomic E-state index is 13.4. The van der Waals surface area contributed by atoms with Crippen LogP contribution in [-0.2, 0) is 19.6 Å². The molecule has 0 saturated heterocycles. The average Bonchev–Trinajstić information content (AvgIpc) is 3.28. The van der Waals surface area contributed by atoms with Gasteiger partial charge >= 0.3 is 5.69 Å². The summed E-state index contributed by atoms with van der Waals surface area (Å²) in [4.78, 5) is 21.0. The summed E-state index contributed by atoms with van der Waals surface area (Å²) in [6.45, 7) is 6.09. The smallest absolute Gasteiger partial charge is 0.326 e. The topological polar surface area (TPSA) is 117 Å². The van der Waals surface area contributed by atoms with Gasteiger partial charge in [-0.1, -0.05) is 38.1 Å². The van der Waals surface area contributed by atoms with E-state index in [4.69, 9.17) is 15.9 Å². The van der Waals surface area contributed by atoms with Crippen LogP contribution >= 0.6 is 0 Å². The van der Waals surface area contributed by atoms with E-state index in [1.807, 2.05) is 42.5 Å². The summed E-state index contributed by atoms with van der Waals surface area (Å²) in [7, 11) is 0. The summed E-state index contributed by atoms with van der Waals surface area (Å²) in [5, 5.41) is 11.0. The predicted octanol–water partition coefficient (Wildman–Crippen LogP) is 5.31. The standard InChI is InChI=1S/C24H28N8O/c1-17(2)13-15-30-19-9-4-3-8-18(19)27-23(30)16-32-21-11-6-5-10-20(21)31(24(32)33)14-7-12-22(25)28-29-26/h3-6,8-11,17,25H,7,12-16H2,1-2H3. The van der Waals surface area contributed by atoms with E-state index in [2.05, 4.69) is 34.5 Å². The molecule has 2 aromatic heterocycles. The van der Waals surface area contributed by atoms with Crippen LogP contribution in [0.4, 0.5) is 0 Å². The van der Waals surface area contributed by atoms with Gasteiger partial charge in [-0.2, -0.15) is 0 Å². The minimum atomic E-state index is -0.103. The molecule has 0 spiro atoms. The number of azide groups is 1. The number of nitrogens with one attached hydrogen (secondary N) is 1. The Morgan fingerprint density at radius 1 is 1.03 bits per heavy atom. The third-order valence-electron chi connectivity index (χ3n) is 5.85. The van der Waals surface area contributed by atoms with Gasteiger partial charge in [-0.3, -0.25) is 9.13 Å². The van der Waals surface area contributed by atoms with E-state index in [9.17, 15) is 4.79 Å². The molecule has 0 saturated carbocycles. The molecule has 0 unspecified atom stereocenters. The number of hydrogen-bond donors (Lipinski definition) is 1. The van der Waals surface area contributed by atoms with Crippen LogP contribution in [0.15, 0.2) is 58.4 Å². The highest BCUT2D eigenvalue weighted by Crippen LogP contribution is 2.20. The Bertz CT molecular complexity index is 1400. The summed E-state index contributed by atoms with van der Waals surface area (Å²) >= 11 is 0. The molecule has 1 N–H and O–H groups in total. The predicted molar refractivity (Wildman–Crippen MR) is 131 cm³/mol. The lowest BCUT2D eigenvalue weighted by Gasteiger charge is -2.11. The third kappa shape index (κ3) is 4.68. The second-order valence-electron chi connectivity index (χ2n) is 8.60. The molecule has 9 nitrogen and oxygen atoms in total.